The molecule has 1 aromatic rings. The Morgan fingerprint density at radius 2 is 2.33 bits per heavy atom. The molecule has 0 aromatic carbocycles. The predicted molar refractivity (Wildman–Crippen MR) is 56.7 cm³/mol. The molecule has 4 heteroatoms. The van der Waals surface area contributed by atoms with Gasteiger partial charge in [0.25, 0.3) is 5.91 Å². The Morgan fingerprint density at radius 3 is 3.00 bits per heavy atom. The molecule has 0 aliphatic carbocycles. The van der Waals surface area contributed by atoms with Crippen LogP contribution in [0.5, 0.6) is 0 Å². The molecule has 0 aliphatic heterocycles. The Hall–Kier alpha value is -1.29. The van der Waals surface area contributed by atoms with E-state index in [0.717, 1.165) is 12.2 Å². The molecule has 0 aliphatic rings. The Kier molecular flexibility index (Phi) is 4.90. The first-order valence-electron chi connectivity index (χ1n) is 5.25. The lowest BCUT2D eigenvalue weighted by Gasteiger charge is -2.03. The molecule has 0 radical (unpaired) electrons. The zero-order valence-corrected chi connectivity index (χ0v) is 8.95. The van der Waals surface area contributed by atoms with Crippen molar-refractivity contribution in [3.63, 3.8) is 0 Å². The number of hydrogen-bond acceptors (Lipinski definition) is 3. The van der Waals surface area contributed by atoms with E-state index in [9.17, 15) is 4.79 Å². The van der Waals surface area contributed by atoms with Crippen LogP contribution >= 0.6 is 0 Å². The molecule has 0 spiro atoms. The van der Waals surface area contributed by atoms with Crippen LogP contribution in [0, 0.1) is 0 Å². The molecule has 1 aromatic heterocycles. The molecule has 1 amide bonds. The minimum absolute atomic E-state index is 0.0986. The van der Waals surface area contributed by atoms with Crippen molar-refractivity contribution in [3.05, 3.63) is 23.7 Å². The van der Waals surface area contributed by atoms with Gasteiger partial charge in [-0.15, -0.1) is 0 Å². The number of hydrogen-bond donors (Lipinski definition) is 2. The molecule has 1 heterocycles. The molecular formula is C11H17NO3. The first-order chi connectivity index (χ1) is 7.29. The number of carbonyl (C=O) groups is 1. The van der Waals surface area contributed by atoms with Gasteiger partial charge in [0, 0.05) is 19.6 Å². The van der Waals surface area contributed by atoms with E-state index in [-0.39, 0.29) is 12.5 Å². The number of nitrogens with one attached hydrogen (secondary N) is 1. The van der Waals surface area contributed by atoms with E-state index in [2.05, 4.69) is 5.32 Å². The fourth-order valence-electron chi connectivity index (χ4n) is 1.35. The first-order valence-corrected chi connectivity index (χ1v) is 5.25. The first kappa shape index (κ1) is 11.8. The summed E-state index contributed by atoms with van der Waals surface area (Å²) in [4.78, 5) is 11.6. The minimum Gasteiger partial charge on any atom is -0.469 e. The highest BCUT2D eigenvalue weighted by Gasteiger charge is 2.11. The van der Waals surface area contributed by atoms with E-state index in [1.54, 1.807) is 6.07 Å². The van der Waals surface area contributed by atoms with Crippen LogP contribution in [-0.4, -0.2) is 24.2 Å². The van der Waals surface area contributed by atoms with Crippen LogP contribution in [0.4, 0.5) is 0 Å². The Labute approximate surface area is 89.3 Å². The predicted octanol–water partition coefficient (Wildman–Crippen LogP) is 1.34. The van der Waals surface area contributed by atoms with Gasteiger partial charge in [0.2, 0.25) is 0 Å². The van der Waals surface area contributed by atoms with E-state index in [4.69, 9.17) is 9.52 Å². The van der Waals surface area contributed by atoms with Crippen molar-refractivity contribution in [3.8, 4) is 0 Å². The number of aliphatic hydroxyl groups excluding tert-OH is 1. The van der Waals surface area contributed by atoms with Crippen molar-refractivity contribution in [1.29, 1.82) is 0 Å². The molecule has 15 heavy (non-hydrogen) atoms. The maximum Gasteiger partial charge on any atom is 0.254 e. The Balaban J connectivity index is 2.40. The summed E-state index contributed by atoms with van der Waals surface area (Å²) in [5, 5.41) is 11.4. The van der Waals surface area contributed by atoms with Crippen LogP contribution in [0.2, 0.25) is 0 Å². The molecule has 0 fully saturated rings. The summed E-state index contributed by atoms with van der Waals surface area (Å²) in [6, 6.07) is 1.68. The summed E-state index contributed by atoms with van der Waals surface area (Å²) in [6.45, 7) is 2.71. The number of unbranched alkanes of at least 4 members (excludes halogenated alkanes) is 1. The molecule has 0 saturated heterocycles. The van der Waals surface area contributed by atoms with Crippen molar-refractivity contribution in [2.45, 2.75) is 26.2 Å². The molecule has 1 rings (SSSR count). The van der Waals surface area contributed by atoms with Crippen LogP contribution in [-0.2, 0) is 6.42 Å². The largest absolute Gasteiger partial charge is 0.469 e. The number of aliphatic hydroxyl groups is 1. The van der Waals surface area contributed by atoms with Gasteiger partial charge in [0.15, 0.2) is 0 Å². The number of aryl methyl sites for hydroxylation is 1. The van der Waals surface area contributed by atoms with E-state index in [1.807, 2.05) is 6.92 Å². The third-order valence-electron chi connectivity index (χ3n) is 2.18. The minimum atomic E-state index is -0.0986. The van der Waals surface area contributed by atoms with Gasteiger partial charge in [-0.2, -0.15) is 0 Å². The molecule has 84 valence electrons. The van der Waals surface area contributed by atoms with Crippen molar-refractivity contribution in [1.82, 2.24) is 5.32 Å². The summed E-state index contributed by atoms with van der Waals surface area (Å²) >= 11 is 0. The topological polar surface area (TPSA) is 62.5 Å². The summed E-state index contributed by atoms with van der Waals surface area (Å²) < 4.78 is 5.16. The zero-order valence-electron chi connectivity index (χ0n) is 8.95. The second kappa shape index (κ2) is 6.24. The lowest BCUT2D eigenvalue weighted by atomic mass is 10.2. The van der Waals surface area contributed by atoms with E-state index in [0.29, 0.717) is 24.9 Å². The fourth-order valence-corrected chi connectivity index (χ4v) is 1.35. The standard InChI is InChI=1S/C11H17NO3/c1-2-10-9(5-8-15-10)11(14)12-6-3-4-7-13/h5,8,13H,2-4,6-7H2,1H3,(H,12,14). The quantitative estimate of drug-likeness (QED) is 0.698. The highest BCUT2D eigenvalue weighted by molar-refractivity contribution is 5.95. The molecule has 0 atom stereocenters. The van der Waals surface area contributed by atoms with Crippen molar-refractivity contribution in [2.75, 3.05) is 13.2 Å². The molecule has 2 N–H and O–H groups in total. The lowest BCUT2D eigenvalue weighted by Crippen LogP contribution is -2.25. The Bertz CT molecular complexity index is 307. The number of furan rings is 1. The Morgan fingerprint density at radius 1 is 1.53 bits per heavy atom. The van der Waals surface area contributed by atoms with Gasteiger partial charge in [0.05, 0.1) is 11.8 Å². The average Bonchev–Trinajstić information content (AvgIpc) is 2.72. The summed E-state index contributed by atoms with van der Waals surface area (Å²) in [6.07, 6.45) is 3.75. The third-order valence-corrected chi connectivity index (χ3v) is 2.18. The maximum atomic E-state index is 11.6. The smallest absolute Gasteiger partial charge is 0.254 e. The second-order valence-electron chi connectivity index (χ2n) is 3.30. The van der Waals surface area contributed by atoms with Gasteiger partial charge in [-0.05, 0) is 18.9 Å². The monoisotopic (exact) mass is 211 g/mol. The lowest BCUT2D eigenvalue weighted by molar-refractivity contribution is 0.0950. The molecule has 4 nitrogen and oxygen atoms in total. The molecule has 0 bridgehead atoms. The van der Waals surface area contributed by atoms with E-state index in [1.165, 1.54) is 6.26 Å². The van der Waals surface area contributed by atoms with Crippen LogP contribution < -0.4 is 5.32 Å². The van der Waals surface area contributed by atoms with Gasteiger partial charge < -0.3 is 14.8 Å². The summed E-state index contributed by atoms with van der Waals surface area (Å²) in [5.74, 6) is 0.619. The summed E-state index contributed by atoms with van der Waals surface area (Å²) in [7, 11) is 0. The van der Waals surface area contributed by atoms with E-state index < -0.39 is 0 Å². The van der Waals surface area contributed by atoms with Gasteiger partial charge in [-0.25, -0.2) is 0 Å². The highest BCUT2D eigenvalue weighted by Crippen LogP contribution is 2.10. The van der Waals surface area contributed by atoms with Crippen LogP contribution in [0.15, 0.2) is 16.7 Å². The zero-order chi connectivity index (χ0) is 11.1. The molecule has 0 unspecified atom stereocenters. The normalized spacial score (nSPS) is 10.3. The van der Waals surface area contributed by atoms with E-state index >= 15 is 0 Å². The average molecular weight is 211 g/mol. The highest BCUT2D eigenvalue weighted by atomic mass is 16.3. The van der Waals surface area contributed by atoms with Crippen molar-refractivity contribution in [2.24, 2.45) is 0 Å². The van der Waals surface area contributed by atoms with Gasteiger partial charge in [-0.3, -0.25) is 4.79 Å². The number of amides is 1. The van der Waals surface area contributed by atoms with Crippen LogP contribution in [0.3, 0.4) is 0 Å². The SMILES string of the molecule is CCc1occc1C(=O)NCCCCO. The number of carbonyl (C=O) groups excluding carboxylic acids is 1. The van der Waals surface area contributed by atoms with Gasteiger partial charge >= 0.3 is 0 Å². The van der Waals surface area contributed by atoms with Crippen LogP contribution in [0.1, 0.15) is 35.9 Å². The fraction of sp³-hybridized carbons (Fsp3) is 0.545. The molecular weight excluding hydrogens is 194 g/mol. The third kappa shape index (κ3) is 3.40. The van der Waals surface area contributed by atoms with Gasteiger partial charge in [0.1, 0.15) is 5.76 Å². The molecule has 0 saturated carbocycles. The van der Waals surface area contributed by atoms with Gasteiger partial charge in [-0.1, -0.05) is 6.92 Å². The van der Waals surface area contributed by atoms with Crippen LogP contribution in [0.25, 0.3) is 0 Å². The van der Waals surface area contributed by atoms with Crippen molar-refractivity contribution < 1.29 is 14.3 Å². The summed E-state index contributed by atoms with van der Waals surface area (Å²) in [5.41, 5.74) is 0.612. The van der Waals surface area contributed by atoms with Crippen molar-refractivity contribution >= 4 is 5.91 Å². The second-order valence-corrected chi connectivity index (χ2v) is 3.30. The maximum absolute atomic E-state index is 11.6. The number of rotatable bonds is 6.